The standard InChI is InChI=1S/C24H20FN3O3S/c1-15-7-12-19-21(13-15)32-24(27-19)28(26-14-16-8-10-17(25)11-9-16)23(29)18-5-4-6-20(30-2)22(18)31-3/h4-14H,1-3H3/b26-14+. The van der Waals surface area contributed by atoms with Crippen LogP contribution in [0.3, 0.4) is 0 Å². The van der Waals surface area contributed by atoms with E-state index in [4.69, 9.17) is 9.47 Å². The summed E-state index contributed by atoms with van der Waals surface area (Å²) < 4.78 is 25.0. The van der Waals surface area contributed by atoms with Crippen molar-refractivity contribution in [3.8, 4) is 11.5 Å². The second kappa shape index (κ2) is 9.15. The van der Waals surface area contributed by atoms with Gasteiger partial charge in [0.1, 0.15) is 5.82 Å². The minimum atomic E-state index is -0.435. The van der Waals surface area contributed by atoms with Gasteiger partial charge in [0, 0.05) is 0 Å². The van der Waals surface area contributed by atoms with E-state index in [1.807, 2.05) is 25.1 Å². The average molecular weight is 450 g/mol. The van der Waals surface area contributed by atoms with E-state index in [9.17, 15) is 9.18 Å². The number of carbonyl (C=O) groups is 1. The first-order valence-corrected chi connectivity index (χ1v) is 10.5. The summed E-state index contributed by atoms with van der Waals surface area (Å²) in [6, 6.07) is 16.8. The van der Waals surface area contributed by atoms with Crippen LogP contribution < -0.4 is 14.5 Å². The number of halogens is 1. The molecule has 162 valence electrons. The Bertz CT molecular complexity index is 1300. The first kappa shape index (κ1) is 21.5. The number of nitrogens with zero attached hydrogens (tertiary/aromatic N) is 3. The zero-order chi connectivity index (χ0) is 22.7. The number of methoxy groups -OCH3 is 2. The number of anilines is 1. The molecule has 0 spiro atoms. The molecule has 6 nitrogen and oxygen atoms in total. The number of thiazole rings is 1. The molecule has 0 radical (unpaired) electrons. The molecule has 0 aliphatic rings. The molecule has 0 saturated heterocycles. The lowest BCUT2D eigenvalue weighted by Crippen LogP contribution is -2.26. The fourth-order valence-electron chi connectivity index (χ4n) is 3.14. The summed E-state index contributed by atoms with van der Waals surface area (Å²) in [7, 11) is 2.98. The molecular weight excluding hydrogens is 429 g/mol. The smallest absolute Gasteiger partial charge is 0.284 e. The molecule has 0 fully saturated rings. The SMILES string of the molecule is COc1cccc(C(=O)N(/N=C/c2ccc(F)cc2)c2nc3ccc(C)cc3s2)c1OC. The van der Waals surface area contributed by atoms with Crippen molar-refractivity contribution in [2.24, 2.45) is 5.10 Å². The van der Waals surface area contributed by atoms with Crippen molar-refractivity contribution in [1.29, 1.82) is 0 Å². The number of hydrogen-bond donors (Lipinski definition) is 0. The molecule has 0 aliphatic carbocycles. The van der Waals surface area contributed by atoms with E-state index in [0.29, 0.717) is 22.2 Å². The third-order valence-electron chi connectivity index (χ3n) is 4.73. The van der Waals surface area contributed by atoms with Gasteiger partial charge in [-0.05, 0) is 54.4 Å². The van der Waals surface area contributed by atoms with Crippen LogP contribution in [-0.4, -0.2) is 31.3 Å². The maximum absolute atomic E-state index is 13.6. The number of benzene rings is 3. The fraction of sp³-hybridized carbons (Fsp3) is 0.125. The summed E-state index contributed by atoms with van der Waals surface area (Å²) >= 11 is 1.35. The van der Waals surface area contributed by atoms with Gasteiger partial charge in [-0.3, -0.25) is 4.79 Å². The van der Waals surface area contributed by atoms with Gasteiger partial charge in [-0.25, -0.2) is 9.37 Å². The van der Waals surface area contributed by atoms with Crippen molar-refractivity contribution in [3.63, 3.8) is 0 Å². The van der Waals surface area contributed by atoms with Crippen LogP contribution in [0.2, 0.25) is 0 Å². The summed E-state index contributed by atoms with van der Waals surface area (Å²) in [6.45, 7) is 2.00. The lowest BCUT2D eigenvalue weighted by molar-refractivity contribution is 0.0984. The Morgan fingerprint density at radius 2 is 1.88 bits per heavy atom. The number of aryl methyl sites for hydroxylation is 1. The van der Waals surface area contributed by atoms with Gasteiger partial charge in [-0.2, -0.15) is 10.1 Å². The molecule has 1 aromatic heterocycles. The molecule has 4 aromatic rings. The zero-order valence-corrected chi connectivity index (χ0v) is 18.5. The molecule has 32 heavy (non-hydrogen) atoms. The van der Waals surface area contributed by atoms with Crippen molar-refractivity contribution >= 4 is 38.8 Å². The van der Waals surface area contributed by atoms with Gasteiger partial charge in [0.25, 0.3) is 5.91 Å². The van der Waals surface area contributed by atoms with Gasteiger partial charge in [-0.15, -0.1) is 0 Å². The van der Waals surface area contributed by atoms with Gasteiger partial charge in [-0.1, -0.05) is 35.6 Å². The van der Waals surface area contributed by atoms with Crippen LogP contribution >= 0.6 is 11.3 Å². The zero-order valence-electron chi connectivity index (χ0n) is 17.7. The van der Waals surface area contributed by atoms with E-state index in [1.165, 1.54) is 48.9 Å². The van der Waals surface area contributed by atoms with E-state index in [1.54, 1.807) is 30.3 Å². The highest BCUT2D eigenvalue weighted by Gasteiger charge is 2.25. The van der Waals surface area contributed by atoms with E-state index in [-0.39, 0.29) is 11.4 Å². The number of fused-ring (bicyclic) bond motifs is 1. The van der Waals surface area contributed by atoms with Crippen LogP contribution in [0.4, 0.5) is 9.52 Å². The van der Waals surface area contributed by atoms with Crippen molar-refractivity contribution in [1.82, 2.24) is 4.98 Å². The average Bonchev–Trinajstić information content (AvgIpc) is 3.22. The first-order valence-electron chi connectivity index (χ1n) is 9.72. The number of ether oxygens (including phenoxy) is 2. The second-order valence-electron chi connectivity index (χ2n) is 6.92. The van der Waals surface area contributed by atoms with E-state index >= 15 is 0 Å². The van der Waals surface area contributed by atoms with Crippen molar-refractivity contribution in [3.05, 3.63) is 83.2 Å². The topological polar surface area (TPSA) is 64.0 Å². The largest absolute Gasteiger partial charge is 0.493 e. The lowest BCUT2D eigenvalue weighted by Gasteiger charge is -2.17. The molecule has 0 atom stereocenters. The third kappa shape index (κ3) is 4.31. The molecule has 0 bridgehead atoms. The minimum absolute atomic E-state index is 0.276. The quantitative estimate of drug-likeness (QED) is 0.290. The molecule has 0 saturated carbocycles. The Balaban J connectivity index is 1.81. The molecule has 8 heteroatoms. The van der Waals surface area contributed by atoms with Crippen LogP contribution in [0.5, 0.6) is 11.5 Å². The number of carbonyl (C=O) groups excluding carboxylic acids is 1. The third-order valence-corrected chi connectivity index (χ3v) is 5.73. The molecule has 3 aromatic carbocycles. The van der Waals surface area contributed by atoms with Crippen LogP contribution in [0, 0.1) is 12.7 Å². The summed E-state index contributed by atoms with van der Waals surface area (Å²) in [5, 5.41) is 6.03. The van der Waals surface area contributed by atoms with Crippen LogP contribution in [0.25, 0.3) is 10.2 Å². The highest BCUT2D eigenvalue weighted by atomic mass is 32.1. The molecule has 0 N–H and O–H groups in total. The highest BCUT2D eigenvalue weighted by molar-refractivity contribution is 7.22. The van der Waals surface area contributed by atoms with Crippen molar-refractivity contribution in [2.75, 3.05) is 19.2 Å². The monoisotopic (exact) mass is 449 g/mol. The number of rotatable bonds is 6. The second-order valence-corrected chi connectivity index (χ2v) is 7.93. The van der Waals surface area contributed by atoms with Crippen molar-refractivity contribution < 1.29 is 18.7 Å². The number of para-hydroxylation sites is 1. The summed E-state index contributed by atoms with van der Waals surface area (Å²) in [5.74, 6) is -0.0488. The Morgan fingerprint density at radius 3 is 2.59 bits per heavy atom. The predicted molar refractivity (Wildman–Crippen MR) is 125 cm³/mol. The summed E-state index contributed by atoms with van der Waals surface area (Å²) in [5.41, 5.74) is 2.77. The van der Waals surface area contributed by atoms with Crippen molar-refractivity contribution in [2.45, 2.75) is 6.92 Å². The Labute approximate surface area is 188 Å². The minimum Gasteiger partial charge on any atom is -0.493 e. The molecule has 1 heterocycles. The highest BCUT2D eigenvalue weighted by Crippen LogP contribution is 2.35. The normalized spacial score (nSPS) is 11.1. The van der Waals surface area contributed by atoms with Gasteiger partial charge < -0.3 is 9.47 Å². The Morgan fingerprint density at radius 1 is 1.09 bits per heavy atom. The summed E-state index contributed by atoms with van der Waals surface area (Å²) in [6.07, 6.45) is 1.49. The number of aromatic nitrogens is 1. The van der Waals surface area contributed by atoms with Crippen LogP contribution in [-0.2, 0) is 0 Å². The Hall–Kier alpha value is -3.78. The number of hydrazone groups is 1. The molecule has 1 amide bonds. The van der Waals surface area contributed by atoms with E-state index in [0.717, 1.165) is 15.8 Å². The van der Waals surface area contributed by atoms with Gasteiger partial charge in [0.05, 0.1) is 36.2 Å². The molecular formula is C24H20FN3O3S. The van der Waals surface area contributed by atoms with Gasteiger partial charge >= 0.3 is 0 Å². The van der Waals surface area contributed by atoms with Gasteiger partial charge in [0.2, 0.25) is 5.13 Å². The first-order chi connectivity index (χ1) is 15.5. The fourth-order valence-corrected chi connectivity index (χ4v) is 4.16. The van der Waals surface area contributed by atoms with Gasteiger partial charge in [0.15, 0.2) is 11.5 Å². The van der Waals surface area contributed by atoms with Crippen LogP contribution in [0.15, 0.2) is 65.8 Å². The van der Waals surface area contributed by atoms with E-state index < -0.39 is 5.91 Å². The Kier molecular flexibility index (Phi) is 6.13. The number of hydrogen-bond acceptors (Lipinski definition) is 6. The molecule has 0 unspecified atom stereocenters. The maximum atomic E-state index is 13.6. The summed E-state index contributed by atoms with van der Waals surface area (Å²) in [4.78, 5) is 18.2. The lowest BCUT2D eigenvalue weighted by atomic mass is 10.1. The molecule has 4 rings (SSSR count). The van der Waals surface area contributed by atoms with Crippen LogP contribution in [0.1, 0.15) is 21.5 Å². The molecule has 0 aliphatic heterocycles. The number of amides is 1. The van der Waals surface area contributed by atoms with E-state index in [2.05, 4.69) is 10.1 Å². The maximum Gasteiger partial charge on any atom is 0.284 e. The predicted octanol–water partition coefficient (Wildman–Crippen LogP) is 5.44.